The summed E-state index contributed by atoms with van der Waals surface area (Å²) < 4.78 is 11.2. The zero-order valence-electron chi connectivity index (χ0n) is 14.9. The first kappa shape index (κ1) is 19.7. The lowest BCUT2D eigenvalue weighted by Gasteiger charge is -2.23. The van der Waals surface area contributed by atoms with Crippen LogP contribution < -0.4 is 4.90 Å². The highest BCUT2D eigenvalue weighted by molar-refractivity contribution is 6.33. The Balaban J connectivity index is 2.11. The van der Waals surface area contributed by atoms with Gasteiger partial charge < -0.3 is 14.4 Å². The van der Waals surface area contributed by atoms with Gasteiger partial charge in [0.05, 0.1) is 41.7 Å². The van der Waals surface area contributed by atoms with Gasteiger partial charge >= 0.3 is 11.9 Å². The maximum absolute atomic E-state index is 12.5. The molecule has 0 aliphatic carbocycles. The highest BCUT2D eigenvalue weighted by atomic mass is 35.5. The Bertz CT molecular complexity index is 1020. The van der Waals surface area contributed by atoms with Gasteiger partial charge in [0.1, 0.15) is 5.70 Å². The highest BCUT2D eigenvalue weighted by Crippen LogP contribution is 2.31. The van der Waals surface area contributed by atoms with Crippen LogP contribution in [0.1, 0.15) is 0 Å². The fourth-order valence-electron chi connectivity index (χ4n) is 2.63. The normalized spacial score (nSPS) is 13.5. The van der Waals surface area contributed by atoms with Crippen LogP contribution in [0.15, 0.2) is 66.3 Å². The molecular formula is C19H15Cl2N3O4. The number of carbonyl (C=O) groups is 2. The molecule has 28 heavy (non-hydrogen) atoms. The SMILES string of the molecule is COC(=O)C1=C(C(=O)OC)N(c2ccc(-n3cc(Cl)cn3)c(Cl)c2)C=CC=C1. The molecule has 0 spiro atoms. The third-order valence-corrected chi connectivity index (χ3v) is 4.39. The second-order valence-electron chi connectivity index (χ2n) is 5.55. The Morgan fingerprint density at radius 2 is 1.82 bits per heavy atom. The molecule has 0 bridgehead atoms. The van der Waals surface area contributed by atoms with Crippen LogP contribution in [-0.2, 0) is 19.1 Å². The molecule has 9 heteroatoms. The van der Waals surface area contributed by atoms with Crippen molar-refractivity contribution in [2.45, 2.75) is 0 Å². The Labute approximate surface area is 171 Å². The zero-order valence-corrected chi connectivity index (χ0v) is 16.4. The summed E-state index contributed by atoms with van der Waals surface area (Å²) in [4.78, 5) is 26.1. The lowest BCUT2D eigenvalue weighted by Crippen LogP contribution is -2.27. The number of anilines is 1. The fraction of sp³-hybridized carbons (Fsp3) is 0.105. The van der Waals surface area contributed by atoms with Gasteiger partial charge in [0.15, 0.2) is 0 Å². The molecule has 1 aromatic heterocycles. The summed E-state index contributed by atoms with van der Waals surface area (Å²) in [5.74, 6) is -1.37. The summed E-state index contributed by atoms with van der Waals surface area (Å²) in [6, 6.07) is 5.09. The lowest BCUT2D eigenvalue weighted by molar-refractivity contribution is -0.139. The number of ether oxygens (including phenoxy) is 2. The van der Waals surface area contributed by atoms with Crippen molar-refractivity contribution >= 4 is 40.8 Å². The van der Waals surface area contributed by atoms with Crippen molar-refractivity contribution in [3.63, 3.8) is 0 Å². The largest absolute Gasteiger partial charge is 0.465 e. The molecule has 0 saturated heterocycles. The molecule has 1 aromatic carbocycles. The Hall–Kier alpha value is -3.03. The molecule has 1 aliphatic rings. The van der Waals surface area contributed by atoms with E-state index in [1.165, 1.54) is 36.1 Å². The Morgan fingerprint density at radius 1 is 1.07 bits per heavy atom. The van der Waals surface area contributed by atoms with Gasteiger partial charge in [-0.25, -0.2) is 14.3 Å². The average molecular weight is 420 g/mol. The van der Waals surface area contributed by atoms with Crippen molar-refractivity contribution in [1.29, 1.82) is 0 Å². The molecule has 2 heterocycles. The topological polar surface area (TPSA) is 73.7 Å². The van der Waals surface area contributed by atoms with Crippen LogP contribution in [0.4, 0.5) is 5.69 Å². The van der Waals surface area contributed by atoms with E-state index in [-0.39, 0.29) is 11.3 Å². The number of aromatic nitrogens is 2. The maximum Gasteiger partial charge on any atom is 0.355 e. The van der Waals surface area contributed by atoms with Crippen LogP contribution in [0.2, 0.25) is 10.0 Å². The molecule has 1 aliphatic heterocycles. The lowest BCUT2D eigenvalue weighted by atomic mass is 10.1. The van der Waals surface area contributed by atoms with E-state index in [0.717, 1.165) is 0 Å². The number of methoxy groups -OCH3 is 2. The summed E-state index contributed by atoms with van der Waals surface area (Å²) in [6.07, 6.45) is 9.51. The number of rotatable bonds is 4. The first-order valence-electron chi connectivity index (χ1n) is 8.01. The standard InChI is InChI=1S/C19H15Cl2N3O4/c1-27-18(25)14-5-3-4-8-23(17(14)19(26)28-2)13-6-7-16(15(21)9-13)24-11-12(20)10-22-24/h3-11H,1-2H3. The fourth-order valence-corrected chi connectivity index (χ4v) is 3.03. The van der Waals surface area contributed by atoms with Crippen LogP contribution in [-0.4, -0.2) is 35.9 Å². The molecule has 3 rings (SSSR count). The summed E-state index contributed by atoms with van der Waals surface area (Å²) in [5, 5.41) is 4.96. The number of halogens is 2. The molecule has 0 atom stereocenters. The Kier molecular flexibility index (Phi) is 5.87. The first-order chi connectivity index (χ1) is 13.5. The van der Waals surface area contributed by atoms with Gasteiger partial charge in [0.2, 0.25) is 0 Å². The average Bonchev–Trinajstić information content (AvgIpc) is 3.00. The van der Waals surface area contributed by atoms with Crippen LogP contribution in [0, 0.1) is 0 Å². The number of hydrogen-bond acceptors (Lipinski definition) is 6. The highest BCUT2D eigenvalue weighted by Gasteiger charge is 2.27. The van der Waals surface area contributed by atoms with Gasteiger partial charge in [-0.05, 0) is 30.4 Å². The second-order valence-corrected chi connectivity index (χ2v) is 6.40. The molecule has 7 nitrogen and oxygen atoms in total. The van der Waals surface area contributed by atoms with Gasteiger partial charge in [-0.2, -0.15) is 5.10 Å². The van der Waals surface area contributed by atoms with Crippen LogP contribution in [0.3, 0.4) is 0 Å². The molecule has 0 fully saturated rings. The molecule has 0 saturated carbocycles. The summed E-state index contributed by atoms with van der Waals surface area (Å²) in [6.45, 7) is 0. The van der Waals surface area contributed by atoms with Crippen LogP contribution in [0.25, 0.3) is 5.69 Å². The quantitative estimate of drug-likeness (QED) is 0.703. The van der Waals surface area contributed by atoms with Crippen molar-refractivity contribution in [2.24, 2.45) is 0 Å². The van der Waals surface area contributed by atoms with Crippen molar-refractivity contribution in [3.05, 3.63) is 76.3 Å². The maximum atomic E-state index is 12.5. The van der Waals surface area contributed by atoms with E-state index in [9.17, 15) is 9.59 Å². The third kappa shape index (κ3) is 3.81. The monoisotopic (exact) mass is 419 g/mol. The summed E-state index contributed by atoms with van der Waals surface area (Å²) >= 11 is 12.3. The number of nitrogens with zero attached hydrogens (tertiary/aromatic N) is 3. The Morgan fingerprint density at radius 3 is 2.43 bits per heavy atom. The number of hydrogen-bond donors (Lipinski definition) is 0. The molecule has 0 amide bonds. The minimum atomic E-state index is -0.698. The van der Waals surface area contributed by atoms with Gasteiger partial charge in [-0.15, -0.1) is 0 Å². The second kappa shape index (κ2) is 8.33. The van der Waals surface area contributed by atoms with Gasteiger partial charge in [-0.1, -0.05) is 29.3 Å². The first-order valence-corrected chi connectivity index (χ1v) is 8.77. The number of allylic oxidation sites excluding steroid dienone is 2. The van der Waals surface area contributed by atoms with E-state index in [0.29, 0.717) is 21.4 Å². The zero-order chi connectivity index (χ0) is 20.3. The van der Waals surface area contributed by atoms with Crippen LogP contribution >= 0.6 is 23.2 Å². The molecule has 2 aromatic rings. The minimum absolute atomic E-state index is 0.00491. The van der Waals surface area contributed by atoms with Crippen molar-refractivity contribution in [1.82, 2.24) is 9.78 Å². The van der Waals surface area contributed by atoms with E-state index >= 15 is 0 Å². The van der Waals surface area contributed by atoms with Crippen molar-refractivity contribution in [3.8, 4) is 5.69 Å². The summed E-state index contributed by atoms with van der Waals surface area (Å²) in [5.41, 5.74) is 1.20. The van der Waals surface area contributed by atoms with E-state index in [1.807, 2.05) is 0 Å². The number of benzene rings is 1. The minimum Gasteiger partial charge on any atom is -0.465 e. The molecule has 0 unspecified atom stereocenters. The molecular weight excluding hydrogens is 405 g/mol. The summed E-state index contributed by atoms with van der Waals surface area (Å²) in [7, 11) is 2.47. The number of esters is 2. The van der Waals surface area contributed by atoms with Gasteiger partial charge in [0, 0.05) is 18.1 Å². The van der Waals surface area contributed by atoms with E-state index < -0.39 is 11.9 Å². The van der Waals surface area contributed by atoms with E-state index in [1.54, 1.807) is 42.7 Å². The van der Waals surface area contributed by atoms with Crippen molar-refractivity contribution < 1.29 is 19.1 Å². The smallest absolute Gasteiger partial charge is 0.355 e. The predicted molar refractivity (Wildman–Crippen MR) is 105 cm³/mol. The van der Waals surface area contributed by atoms with Gasteiger partial charge in [-0.3, -0.25) is 0 Å². The molecule has 144 valence electrons. The van der Waals surface area contributed by atoms with Crippen LogP contribution in [0.5, 0.6) is 0 Å². The third-order valence-electron chi connectivity index (χ3n) is 3.90. The number of carbonyl (C=O) groups excluding carboxylic acids is 2. The van der Waals surface area contributed by atoms with Crippen molar-refractivity contribution in [2.75, 3.05) is 19.1 Å². The predicted octanol–water partition coefficient (Wildman–Crippen LogP) is 3.67. The van der Waals surface area contributed by atoms with E-state index in [4.69, 9.17) is 32.7 Å². The molecule has 0 radical (unpaired) electrons. The molecule has 0 N–H and O–H groups in total. The van der Waals surface area contributed by atoms with E-state index in [2.05, 4.69) is 5.10 Å². The van der Waals surface area contributed by atoms with Gasteiger partial charge in [0.25, 0.3) is 0 Å².